The zero-order chi connectivity index (χ0) is 13.1. The van der Waals surface area contributed by atoms with Gasteiger partial charge in [-0.1, -0.05) is 6.92 Å². The van der Waals surface area contributed by atoms with Crippen molar-refractivity contribution in [2.75, 3.05) is 24.5 Å². The number of ether oxygens (including phenoxy) is 1. The quantitative estimate of drug-likeness (QED) is 0.826. The van der Waals surface area contributed by atoms with Crippen LogP contribution in [0.5, 0.6) is 5.75 Å². The highest BCUT2D eigenvalue weighted by Gasteiger charge is 2.24. The van der Waals surface area contributed by atoms with Crippen LogP contribution in [0.3, 0.4) is 0 Å². The number of likely N-dealkylation sites (N-methyl/N-ethyl adjacent to an activating group) is 1. The minimum absolute atomic E-state index is 0.0357. The largest absolute Gasteiger partial charge is 0.486 e. The average Bonchev–Trinajstić information content (AvgIpc) is 2.44. The van der Waals surface area contributed by atoms with Crippen LogP contribution in [0.2, 0.25) is 0 Å². The molecule has 2 rings (SSSR count). The summed E-state index contributed by atoms with van der Waals surface area (Å²) in [4.78, 5) is 13.9. The topological polar surface area (TPSA) is 55.6 Å². The number of fused-ring (bicyclic) bond motifs is 1. The van der Waals surface area contributed by atoms with Gasteiger partial charge in [0.15, 0.2) is 5.78 Å². The van der Waals surface area contributed by atoms with Crippen molar-refractivity contribution < 1.29 is 9.53 Å². The first-order valence-electron chi connectivity index (χ1n) is 6.48. The van der Waals surface area contributed by atoms with Crippen molar-refractivity contribution in [3.63, 3.8) is 0 Å². The molecule has 0 radical (unpaired) electrons. The van der Waals surface area contributed by atoms with Gasteiger partial charge in [0.05, 0.1) is 18.8 Å². The van der Waals surface area contributed by atoms with Crippen LogP contribution in [0, 0.1) is 0 Å². The zero-order valence-corrected chi connectivity index (χ0v) is 11.0. The average molecular weight is 248 g/mol. The van der Waals surface area contributed by atoms with Gasteiger partial charge in [0.1, 0.15) is 11.9 Å². The lowest BCUT2D eigenvalue weighted by atomic mass is 10.1. The third-order valence-corrected chi connectivity index (χ3v) is 3.36. The molecule has 0 aromatic heterocycles. The maximum absolute atomic E-state index is 11.6. The Morgan fingerprint density at radius 2 is 2.28 bits per heavy atom. The van der Waals surface area contributed by atoms with Crippen LogP contribution in [-0.4, -0.2) is 31.5 Å². The van der Waals surface area contributed by atoms with Gasteiger partial charge >= 0.3 is 0 Å². The minimum Gasteiger partial charge on any atom is -0.486 e. The summed E-state index contributed by atoms with van der Waals surface area (Å²) in [7, 11) is 0. The third-order valence-electron chi connectivity index (χ3n) is 3.36. The number of ketones is 1. The highest BCUT2D eigenvalue weighted by Crippen LogP contribution is 2.34. The molecule has 0 amide bonds. The molecule has 1 aromatic rings. The Hall–Kier alpha value is -1.55. The molecule has 0 saturated carbocycles. The van der Waals surface area contributed by atoms with Gasteiger partial charge in [-0.25, -0.2) is 0 Å². The van der Waals surface area contributed by atoms with Crippen LogP contribution in [0.15, 0.2) is 18.2 Å². The number of nitrogens with two attached hydrogens (primary N) is 1. The molecular weight excluding hydrogens is 228 g/mol. The fraction of sp³-hybridized carbons (Fsp3) is 0.500. The van der Waals surface area contributed by atoms with Crippen molar-refractivity contribution in [2.24, 2.45) is 5.73 Å². The molecule has 1 atom stereocenters. The van der Waals surface area contributed by atoms with Crippen LogP contribution >= 0.6 is 0 Å². The molecule has 0 aliphatic carbocycles. The third kappa shape index (κ3) is 2.34. The van der Waals surface area contributed by atoms with Gasteiger partial charge in [-0.05, 0) is 31.5 Å². The summed E-state index contributed by atoms with van der Waals surface area (Å²) in [6.45, 7) is 6.06. The van der Waals surface area contributed by atoms with Gasteiger partial charge in [-0.2, -0.15) is 0 Å². The van der Waals surface area contributed by atoms with E-state index in [1.165, 1.54) is 0 Å². The SMILES string of the molecule is CCC1CN(CC)c2cc(C(=O)CN)ccc2O1. The van der Waals surface area contributed by atoms with E-state index >= 15 is 0 Å². The van der Waals surface area contributed by atoms with E-state index in [0.29, 0.717) is 5.56 Å². The molecule has 98 valence electrons. The first-order chi connectivity index (χ1) is 8.69. The Labute approximate surface area is 108 Å². The maximum atomic E-state index is 11.6. The summed E-state index contributed by atoms with van der Waals surface area (Å²) in [5.41, 5.74) is 7.06. The standard InChI is InChI=1S/C14H20N2O2/c1-3-11-9-16(4-2)12-7-10(13(17)8-15)5-6-14(12)18-11/h5-7,11H,3-4,8-9,15H2,1-2H3. The van der Waals surface area contributed by atoms with Gasteiger partial charge < -0.3 is 15.4 Å². The van der Waals surface area contributed by atoms with Gasteiger partial charge in [0.25, 0.3) is 0 Å². The molecule has 1 aromatic carbocycles. The first kappa shape index (κ1) is 12.9. The molecule has 1 aliphatic heterocycles. The highest BCUT2D eigenvalue weighted by atomic mass is 16.5. The van der Waals surface area contributed by atoms with E-state index < -0.39 is 0 Å². The van der Waals surface area contributed by atoms with Crippen molar-refractivity contribution in [1.82, 2.24) is 0 Å². The van der Waals surface area contributed by atoms with Crippen LogP contribution < -0.4 is 15.4 Å². The fourth-order valence-corrected chi connectivity index (χ4v) is 2.23. The zero-order valence-electron chi connectivity index (χ0n) is 11.0. The van der Waals surface area contributed by atoms with Crippen LogP contribution in [0.4, 0.5) is 5.69 Å². The predicted molar refractivity (Wildman–Crippen MR) is 72.4 cm³/mol. The van der Waals surface area contributed by atoms with Gasteiger partial charge in [0.2, 0.25) is 0 Å². The second-order valence-electron chi connectivity index (χ2n) is 4.50. The van der Waals surface area contributed by atoms with E-state index in [0.717, 1.165) is 30.9 Å². The fourth-order valence-electron chi connectivity index (χ4n) is 2.23. The summed E-state index contributed by atoms with van der Waals surface area (Å²) in [5, 5.41) is 0. The van der Waals surface area contributed by atoms with Crippen LogP contribution in [0.25, 0.3) is 0 Å². The molecule has 4 nitrogen and oxygen atoms in total. The van der Waals surface area contributed by atoms with E-state index in [1.54, 1.807) is 6.07 Å². The summed E-state index contributed by atoms with van der Waals surface area (Å²) >= 11 is 0. The van der Waals surface area contributed by atoms with Crippen molar-refractivity contribution in [1.29, 1.82) is 0 Å². The van der Waals surface area contributed by atoms with Crippen molar-refractivity contribution in [2.45, 2.75) is 26.4 Å². The number of Topliss-reactive ketones (excluding diaryl/α,β-unsaturated/α-hetero) is 1. The summed E-state index contributed by atoms with van der Waals surface area (Å²) < 4.78 is 5.90. The second-order valence-corrected chi connectivity index (χ2v) is 4.50. The summed E-state index contributed by atoms with van der Waals surface area (Å²) in [5.74, 6) is 0.829. The Balaban J connectivity index is 2.36. The Morgan fingerprint density at radius 3 is 2.89 bits per heavy atom. The van der Waals surface area contributed by atoms with E-state index in [9.17, 15) is 4.79 Å². The normalized spacial score (nSPS) is 18.2. The molecule has 1 unspecified atom stereocenters. The number of rotatable bonds is 4. The molecule has 0 fully saturated rings. The predicted octanol–water partition coefficient (Wildman–Crippen LogP) is 1.83. The molecular formula is C14H20N2O2. The number of hydrogen-bond acceptors (Lipinski definition) is 4. The second kappa shape index (κ2) is 5.40. The smallest absolute Gasteiger partial charge is 0.176 e. The molecule has 4 heteroatoms. The lowest BCUT2D eigenvalue weighted by Crippen LogP contribution is -2.39. The molecule has 2 N–H and O–H groups in total. The lowest BCUT2D eigenvalue weighted by Gasteiger charge is -2.35. The number of benzene rings is 1. The van der Waals surface area contributed by atoms with Crippen molar-refractivity contribution in [3.05, 3.63) is 23.8 Å². The molecule has 0 bridgehead atoms. The van der Waals surface area contributed by atoms with Crippen molar-refractivity contribution >= 4 is 11.5 Å². The molecule has 1 aliphatic rings. The summed E-state index contributed by atoms with van der Waals surface area (Å²) in [6, 6.07) is 5.56. The Morgan fingerprint density at radius 1 is 1.50 bits per heavy atom. The van der Waals surface area contributed by atoms with Gasteiger partial charge in [-0.15, -0.1) is 0 Å². The highest BCUT2D eigenvalue weighted by molar-refractivity contribution is 5.98. The summed E-state index contributed by atoms with van der Waals surface area (Å²) in [6.07, 6.45) is 1.22. The molecule has 0 spiro atoms. The van der Waals surface area contributed by atoms with E-state index in [4.69, 9.17) is 10.5 Å². The van der Waals surface area contributed by atoms with Crippen LogP contribution in [0.1, 0.15) is 30.6 Å². The molecule has 0 saturated heterocycles. The van der Waals surface area contributed by atoms with E-state index in [1.807, 2.05) is 12.1 Å². The Kier molecular flexibility index (Phi) is 3.87. The molecule has 1 heterocycles. The number of carbonyl (C=O) groups excluding carboxylic acids is 1. The maximum Gasteiger partial charge on any atom is 0.176 e. The van der Waals surface area contributed by atoms with E-state index in [2.05, 4.69) is 18.7 Å². The van der Waals surface area contributed by atoms with Gasteiger partial charge in [-0.3, -0.25) is 4.79 Å². The van der Waals surface area contributed by atoms with Crippen molar-refractivity contribution in [3.8, 4) is 5.75 Å². The number of anilines is 1. The molecule has 18 heavy (non-hydrogen) atoms. The van der Waals surface area contributed by atoms with E-state index in [-0.39, 0.29) is 18.4 Å². The first-order valence-corrected chi connectivity index (χ1v) is 6.48. The Bertz CT molecular complexity index is 445. The number of nitrogens with zero attached hydrogens (tertiary/aromatic N) is 1. The van der Waals surface area contributed by atoms with Gasteiger partial charge in [0, 0.05) is 12.1 Å². The number of carbonyl (C=O) groups is 1. The number of hydrogen-bond donors (Lipinski definition) is 1. The van der Waals surface area contributed by atoms with Crippen LogP contribution in [-0.2, 0) is 0 Å². The minimum atomic E-state index is -0.0357. The monoisotopic (exact) mass is 248 g/mol. The lowest BCUT2D eigenvalue weighted by molar-refractivity contribution is 0.100.